The van der Waals surface area contributed by atoms with Gasteiger partial charge in [0.1, 0.15) is 36.6 Å². The molecule has 0 radical (unpaired) electrons. The zero-order valence-corrected chi connectivity index (χ0v) is 59.1. The monoisotopic (exact) mass is 1270 g/mol. The summed E-state index contributed by atoms with van der Waals surface area (Å²) in [5.41, 5.74) is 0. The molecule has 1 amide bonds. The Morgan fingerprint density at radius 3 is 0.989 bits per heavy atom. The molecule has 1 saturated heterocycles. The SMILES string of the molecule is CCCCCCCCCCCCCCCCCCCC/C=C/CC/C=C/CC/C=C/CCCC(O)C(O)C(COC1OC(CO)C(O)C(O)C1O)NC(=O)C(O)CCCCCCCCCCCCCCCCCCCCCCCCCCCCCCCCCC. The summed E-state index contributed by atoms with van der Waals surface area (Å²) >= 11 is 0. The summed E-state index contributed by atoms with van der Waals surface area (Å²) in [5.74, 6) is -0.705. The van der Waals surface area contributed by atoms with Crippen LogP contribution in [-0.2, 0) is 14.3 Å². The van der Waals surface area contributed by atoms with Gasteiger partial charge in [-0.15, -0.1) is 0 Å². The van der Waals surface area contributed by atoms with Crippen LogP contribution in [0, 0.1) is 0 Å². The topological polar surface area (TPSA) is 189 Å². The van der Waals surface area contributed by atoms with Gasteiger partial charge in [0.05, 0.1) is 25.4 Å². The standard InChI is InChI=1S/C79H151NO10/c1-3-5-7-9-11-13-15-17-19-21-23-25-27-29-31-33-35-37-39-41-43-45-47-49-51-53-55-57-59-61-63-65-67-72(83)78(88)80-70(69-89-79-77(87)76(86)75(85)73(68-81)90-79)74(84)71(82)66-64-62-60-58-56-54-52-50-48-46-44-42-40-38-36-34-32-30-28-26-24-22-20-18-16-14-12-10-8-6-4-2/h42,44,50,52,58,60,70-77,79,81-87H,3-41,43,45-49,51,53-57,59,61-69H2,1-2H3,(H,80,88)/b44-42+,52-50+,60-58+. The molecule has 1 aliphatic rings. The molecule has 11 heteroatoms. The Kier molecular flexibility index (Phi) is 64.6. The fraction of sp³-hybridized carbons (Fsp3) is 0.911. The van der Waals surface area contributed by atoms with E-state index < -0.39 is 74.2 Å². The fourth-order valence-electron chi connectivity index (χ4n) is 12.9. The molecule has 0 aromatic carbocycles. The van der Waals surface area contributed by atoms with Crippen LogP contribution in [0.3, 0.4) is 0 Å². The number of aliphatic hydroxyl groups is 7. The highest BCUT2D eigenvalue weighted by Crippen LogP contribution is 2.24. The van der Waals surface area contributed by atoms with E-state index in [4.69, 9.17) is 9.47 Å². The third-order valence-corrected chi connectivity index (χ3v) is 19.2. The van der Waals surface area contributed by atoms with Crippen LogP contribution in [0.25, 0.3) is 0 Å². The maximum Gasteiger partial charge on any atom is 0.249 e. The third kappa shape index (κ3) is 53.6. The van der Waals surface area contributed by atoms with Crippen molar-refractivity contribution in [3.63, 3.8) is 0 Å². The molecule has 1 heterocycles. The summed E-state index contributed by atoms with van der Waals surface area (Å²) in [6.07, 6.45) is 76.9. The number of carbonyl (C=O) groups excluding carboxylic acids is 1. The molecule has 0 bridgehead atoms. The second-order valence-corrected chi connectivity index (χ2v) is 27.8. The Bertz CT molecular complexity index is 1560. The fourth-order valence-corrected chi connectivity index (χ4v) is 12.9. The van der Waals surface area contributed by atoms with Crippen molar-refractivity contribution < 1.29 is 50.0 Å². The summed E-state index contributed by atoms with van der Waals surface area (Å²) < 4.78 is 11.2. The lowest BCUT2D eigenvalue weighted by molar-refractivity contribution is -0.303. The molecule has 9 atom stereocenters. The average molecular weight is 1280 g/mol. The van der Waals surface area contributed by atoms with E-state index in [1.165, 1.54) is 302 Å². The van der Waals surface area contributed by atoms with Crippen LogP contribution in [0.1, 0.15) is 393 Å². The first kappa shape index (κ1) is 86.3. The van der Waals surface area contributed by atoms with Crippen LogP contribution in [0.4, 0.5) is 0 Å². The number of ether oxygens (including phenoxy) is 2. The summed E-state index contributed by atoms with van der Waals surface area (Å²) in [7, 11) is 0. The molecule has 0 aromatic heterocycles. The number of rotatable bonds is 70. The summed E-state index contributed by atoms with van der Waals surface area (Å²) in [4.78, 5) is 13.3. The van der Waals surface area contributed by atoms with Crippen molar-refractivity contribution in [2.24, 2.45) is 0 Å². The molecule has 90 heavy (non-hydrogen) atoms. The van der Waals surface area contributed by atoms with Gasteiger partial charge in [0.25, 0.3) is 0 Å². The van der Waals surface area contributed by atoms with E-state index in [0.29, 0.717) is 19.3 Å². The first-order chi connectivity index (χ1) is 44.2. The van der Waals surface area contributed by atoms with E-state index in [9.17, 15) is 40.5 Å². The molecule has 8 N–H and O–H groups in total. The van der Waals surface area contributed by atoms with Gasteiger partial charge in [0.2, 0.25) is 5.91 Å². The molecule has 0 saturated carbocycles. The van der Waals surface area contributed by atoms with E-state index in [2.05, 4.69) is 55.6 Å². The van der Waals surface area contributed by atoms with Crippen LogP contribution in [-0.4, -0.2) is 110 Å². The highest BCUT2D eigenvalue weighted by molar-refractivity contribution is 5.80. The van der Waals surface area contributed by atoms with E-state index in [1.807, 2.05) is 0 Å². The maximum atomic E-state index is 13.3. The van der Waals surface area contributed by atoms with Crippen molar-refractivity contribution in [1.82, 2.24) is 5.32 Å². The van der Waals surface area contributed by atoms with Crippen molar-refractivity contribution in [1.29, 1.82) is 0 Å². The van der Waals surface area contributed by atoms with Crippen molar-refractivity contribution in [2.75, 3.05) is 13.2 Å². The van der Waals surface area contributed by atoms with Gasteiger partial charge in [-0.1, -0.05) is 365 Å². The molecular formula is C79H151NO10. The molecule has 532 valence electrons. The lowest BCUT2D eigenvalue weighted by Gasteiger charge is -2.40. The Labute approximate surface area is 556 Å². The predicted octanol–water partition coefficient (Wildman–Crippen LogP) is 20.1. The average Bonchev–Trinajstić information content (AvgIpc) is 1.37. The minimum absolute atomic E-state index is 0.243. The van der Waals surface area contributed by atoms with Gasteiger partial charge in [0, 0.05) is 0 Å². The van der Waals surface area contributed by atoms with Gasteiger partial charge >= 0.3 is 0 Å². The van der Waals surface area contributed by atoms with Gasteiger partial charge in [-0.05, 0) is 64.2 Å². The Morgan fingerprint density at radius 1 is 0.378 bits per heavy atom. The number of amides is 1. The molecule has 0 spiro atoms. The first-order valence-corrected chi connectivity index (χ1v) is 39.4. The normalized spacial score (nSPS) is 18.6. The van der Waals surface area contributed by atoms with Gasteiger partial charge in [-0.3, -0.25) is 4.79 Å². The summed E-state index contributed by atoms with van der Waals surface area (Å²) in [6.45, 7) is 3.50. The van der Waals surface area contributed by atoms with Crippen LogP contribution in [0.2, 0.25) is 0 Å². The minimum Gasteiger partial charge on any atom is -0.394 e. The van der Waals surface area contributed by atoms with Crippen LogP contribution < -0.4 is 5.32 Å². The zero-order chi connectivity index (χ0) is 65.3. The van der Waals surface area contributed by atoms with Gasteiger partial charge in [-0.25, -0.2) is 0 Å². The molecule has 1 fully saturated rings. The highest BCUT2D eigenvalue weighted by atomic mass is 16.7. The number of nitrogens with one attached hydrogen (secondary N) is 1. The molecular weight excluding hydrogens is 1120 g/mol. The minimum atomic E-state index is -1.67. The molecule has 0 aromatic rings. The zero-order valence-electron chi connectivity index (χ0n) is 59.1. The first-order valence-electron chi connectivity index (χ1n) is 39.4. The van der Waals surface area contributed by atoms with E-state index in [1.54, 1.807) is 0 Å². The summed E-state index contributed by atoms with van der Waals surface area (Å²) in [6, 6.07) is -1.20. The lowest BCUT2D eigenvalue weighted by atomic mass is 9.98. The number of aliphatic hydroxyl groups excluding tert-OH is 7. The van der Waals surface area contributed by atoms with Crippen LogP contribution >= 0.6 is 0 Å². The smallest absolute Gasteiger partial charge is 0.249 e. The van der Waals surface area contributed by atoms with Crippen molar-refractivity contribution in [3.05, 3.63) is 36.5 Å². The predicted molar refractivity (Wildman–Crippen MR) is 381 cm³/mol. The quantitative estimate of drug-likeness (QED) is 0.0215. The van der Waals surface area contributed by atoms with Crippen LogP contribution in [0.15, 0.2) is 36.5 Å². The molecule has 1 aliphatic heterocycles. The molecule has 1 rings (SSSR count). The second kappa shape index (κ2) is 67.3. The largest absolute Gasteiger partial charge is 0.394 e. The van der Waals surface area contributed by atoms with E-state index in [0.717, 1.165) is 44.9 Å². The van der Waals surface area contributed by atoms with Crippen molar-refractivity contribution in [3.8, 4) is 0 Å². The van der Waals surface area contributed by atoms with Gasteiger partial charge < -0.3 is 50.5 Å². The number of carbonyl (C=O) groups is 1. The Morgan fingerprint density at radius 2 is 0.667 bits per heavy atom. The van der Waals surface area contributed by atoms with E-state index >= 15 is 0 Å². The summed E-state index contributed by atoms with van der Waals surface area (Å²) in [5, 5.41) is 76.6. The molecule has 11 nitrogen and oxygen atoms in total. The lowest BCUT2D eigenvalue weighted by Crippen LogP contribution is -2.60. The van der Waals surface area contributed by atoms with Crippen LogP contribution in [0.5, 0.6) is 0 Å². The van der Waals surface area contributed by atoms with Crippen molar-refractivity contribution in [2.45, 2.75) is 448 Å². The van der Waals surface area contributed by atoms with E-state index in [-0.39, 0.29) is 12.8 Å². The third-order valence-electron chi connectivity index (χ3n) is 19.2. The second-order valence-electron chi connectivity index (χ2n) is 27.8. The Hall–Kier alpha value is -1.67. The maximum absolute atomic E-state index is 13.3. The Balaban J connectivity index is 2.17. The highest BCUT2D eigenvalue weighted by Gasteiger charge is 2.44. The number of hydrogen-bond donors (Lipinski definition) is 8. The number of hydrogen-bond acceptors (Lipinski definition) is 10. The molecule has 9 unspecified atom stereocenters. The van der Waals surface area contributed by atoms with Crippen molar-refractivity contribution >= 4 is 5.91 Å². The van der Waals surface area contributed by atoms with Gasteiger partial charge in [-0.2, -0.15) is 0 Å². The molecule has 0 aliphatic carbocycles. The number of unbranched alkanes of at least 4 members (excludes halogenated alkanes) is 52. The van der Waals surface area contributed by atoms with Gasteiger partial charge in [0.15, 0.2) is 6.29 Å². The number of allylic oxidation sites excluding steroid dienone is 6.